The highest BCUT2D eigenvalue weighted by Gasteiger charge is 2.10. The van der Waals surface area contributed by atoms with Crippen LogP contribution in [0.1, 0.15) is 12.3 Å². The molecule has 0 aliphatic heterocycles. The predicted octanol–water partition coefficient (Wildman–Crippen LogP) is 3.49. The van der Waals surface area contributed by atoms with Crippen LogP contribution in [0.2, 0.25) is 0 Å². The van der Waals surface area contributed by atoms with Gasteiger partial charge in [0.05, 0.1) is 17.9 Å². The van der Waals surface area contributed by atoms with E-state index in [1.807, 2.05) is 56.6 Å². The van der Waals surface area contributed by atoms with Crippen molar-refractivity contribution in [3.63, 3.8) is 0 Å². The number of thioether (sulfide) groups is 1. The molecule has 0 saturated heterocycles. The number of ether oxygens (including phenoxy) is 1. The van der Waals surface area contributed by atoms with Crippen LogP contribution >= 0.6 is 11.8 Å². The Balaban J connectivity index is 1.43. The number of hydrogen-bond donors (Lipinski definition) is 1. The van der Waals surface area contributed by atoms with E-state index in [0.29, 0.717) is 24.1 Å². The van der Waals surface area contributed by atoms with Crippen molar-refractivity contribution in [2.45, 2.75) is 12.2 Å². The molecule has 3 rings (SSSR count). The Hall–Kier alpha value is -2.58. The summed E-state index contributed by atoms with van der Waals surface area (Å²) >= 11 is 1.70. The molecule has 0 saturated carbocycles. The van der Waals surface area contributed by atoms with E-state index >= 15 is 0 Å². The molecule has 0 atom stereocenters. The summed E-state index contributed by atoms with van der Waals surface area (Å²) in [6.07, 6.45) is 2.85. The Morgan fingerprint density at radius 3 is 2.76 bits per heavy atom. The van der Waals surface area contributed by atoms with Gasteiger partial charge in [-0.2, -0.15) is 0 Å². The Bertz CT molecular complexity index is 842. The number of pyridine rings is 1. The molecule has 0 amide bonds. The van der Waals surface area contributed by atoms with E-state index in [9.17, 15) is 0 Å². The molecule has 0 bridgehead atoms. The topological polar surface area (TPSA) is 76.3 Å². The minimum atomic E-state index is 0.498. The summed E-state index contributed by atoms with van der Waals surface area (Å²) in [7, 11) is 4.00. The van der Waals surface area contributed by atoms with Crippen LogP contribution in [0.4, 0.5) is 5.82 Å². The third-order valence-electron chi connectivity index (χ3n) is 4.24. The van der Waals surface area contributed by atoms with Crippen molar-refractivity contribution in [1.29, 1.82) is 0 Å². The average molecular weight is 414 g/mol. The van der Waals surface area contributed by atoms with Gasteiger partial charge >= 0.3 is 0 Å². The fourth-order valence-corrected chi connectivity index (χ4v) is 3.31. The van der Waals surface area contributed by atoms with Gasteiger partial charge in [0.1, 0.15) is 11.6 Å². The number of aromatic nitrogens is 3. The maximum atomic E-state index is 5.77. The van der Waals surface area contributed by atoms with Crippen LogP contribution < -0.4 is 15.0 Å². The van der Waals surface area contributed by atoms with Crippen LogP contribution in [0.15, 0.2) is 53.1 Å². The van der Waals surface area contributed by atoms with Crippen molar-refractivity contribution >= 4 is 17.6 Å². The second-order valence-corrected chi connectivity index (χ2v) is 7.60. The SMILES string of the molecule is CNCCCN(C)c1ccc(-c2nnc(CSCCOc3ccccc3)o2)cn1. The van der Waals surface area contributed by atoms with Gasteiger partial charge in [0.25, 0.3) is 0 Å². The number of nitrogens with one attached hydrogen (secondary N) is 1. The van der Waals surface area contributed by atoms with Crippen LogP contribution in [-0.4, -0.2) is 54.7 Å². The molecule has 2 heterocycles. The zero-order valence-corrected chi connectivity index (χ0v) is 17.7. The lowest BCUT2D eigenvalue weighted by Crippen LogP contribution is -2.22. The highest BCUT2D eigenvalue weighted by molar-refractivity contribution is 7.98. The van der Waals surface area contributed by atoms with Gasteiger partial charge in [0.15, 0.2) is 0 Å². The largest absolute Gasteiger partial charge is 0.493 e. The fraction of sp³-hybridized carbons (Fsp3) is 0.381. The molecular formula is C21H27N5O2S. The van der Waals surface area contributed by atoms with Crippen LogP contribution in [-0.2, 0) is 5.75 Å². The molecule has 0 unspecified atom stereocenters. The number of rotatable bonds is 12. The number of benzene rings is 1. The van der Waals surface area contributed by atoms with Gasteiger partial charge in [-0.15, -0.1) is 22.0 Å². The molecule has 154 valence electrons. The molecule has 0 aliphatic carbocycles. The Kier molecular flexibility index (Phi) is 8.33. The van der Waals surface area contributed by atoms with Crippen LogP contribution in [0.5, 0.6) is 5.75 Å². The lowest BCUT2D eigenvalue weighted by Gasteiger charge is -2.17. The lowest BCUT2D eigenvalue weighted by atomic mass is 10.3. The smallest absolute Gasteiger partial charge is 0.249 e. The molecule has 2 aromatic heterocycles. The molecule has 3 aromatic rings. The quantitative estimate of drug-likeness (QED) is 0.452. The zero-order valence-electron chi connectivity index (χ0n) is 16.9. The van der Waals surface area contributed by atoms with Gasteiger partial charge in [0, 0.05) is 25.5 Å². The van der Waals surface area contributed by atoms with E-state index in [4.69, 9.17) is 9.15 Å². The minimum absolute atomic E-state index is 0.498. The molecular weight excluding hydrogens is 386 g/mol. The number of para-hydroxylation sites is 1. The molecule has 1 N–H and O–H groups in total. The Morgan fingerprint density at radius 2 is 2.00 bits per heavy atom. The van der Waals surface area contributed by atoms with E-state index in [2.05, 4.69) is 25.4 Å². The first-order chi connectivity index (χ1) is 14.3. The van der Waals surface area contributed by atoms with E-state index in [0.717, 1.165) is 42.4 Å². The number of hydrogen-bond acceptors (Lipinski definition) is 8. The lowest BCUT2D eigenvalue weighted by molar-refractivity contribution is 0.344. The summed E-state index contributed by atoms with van der Waals surface area (Å²) in [5, 5.41) is 11.4. The standard InChI is InChI=1S/C21H27N5O2S/c1-22-11-6-12-26(2)19-10-9-17(15-23-19)21-25-24-20(28-21)16-29-14-13-27-18-7-4-3-5-8-18/h3-5,7-10,15,22H,6,11-14,16H2,1-2H3. The summed E-state index contributed by atoms with van der Waals surface area (Å²) in [5.41, 5.74) is 0.827. The van der Waals surface area contributed by atoms with Crippen molar-refractivity contribution < 1.29 is 9.15 Å². The molecule has 0 spiro atoms. The third kappa shape index (κ3) is 6.76. The van der Waals surface area contributed by atoms with Crippen LogP contribution in [0, 0.1) is 0 Å². The van der Waals surface area contributed by atoms with E-state index in [1.54, 1.807) is 18.0 Å². The normalized spacial score (nSPS) is 10.8. The highest BCUT2D eigenvalue weighted by Crippen LogP contribution is 2.21. The van der Waals surface area contributed by atoms with Gasteiger partial charge in [-0.1, -0.05) is 18.2 Å². The summed E-state index contributed by atoms with van der Waals surface area (Å²) in [5.74, 6) is 4.43. The monoisotopic (exact) mass is 413 g/mol. The van der Waals surface area contributed by atoms with Gasteiger partial charge in [-0.05, 0) is 44.3 Å². The van der Waals surface area contributed by atoms with Gasteiger partial charge in [-0.25, -0.2) is 4.98 Å². The second kappa shape index (κ2) is 11.4. The molecule has 1 aromatic carbocycles. The number of nitrogens with zero attached hydrogens (tertiary/aromatic N) is 4. The van der Waals surface area contributed by atoms with Gasteiger partial charge in [0.2, 0.25) is 11.8 Å². The Labute approximate surface area is 175 Å². The van der Waals surface area contributed by atoms with Gasteiger partial charge < -0.3 is 19.4 Å². The van der Waals surface area contributed by atoms with Crippen molar-refractivity contribution in [3.8, 4) is 17.2 Å². The summed E-state index contributed by atoms with van der Waals surface area (Å²) in [6.45, 7) is 2.58. The van der Waals surface area contributed by atoms with E-state index in [1.165, 1.54) is 0 Å². The first-order valence-corrected chi connectivity index (χ1v) is 10.8. The molecule has 8 heteroatoms. The van der Waals surface area contributed by atoms with Crippen LogP contribution in [0.25, 0.3) is 11.5 Å². The molecule has 0 aliphatic rings. The second-order valence-electron chi connectivity index (χ2n) is 6.50. The predicted molar refractivity (Wildman–Crippen MR) is 117 cm³/mol. The molecule has 29 heavy (non-hydrogen) atoms. The zero-order chi connectivity index (χ0) is 20.3. The third-order valence-corrected chi connectivity index (χ3v) is 5.14. The van der Waals surface area contributed by atoms with E-state index < -0.39 is 0 Å². The first kappa shape index (κ1) is 21.1. The average Bonchev–Trinajstić information content (AvgIpc) is 3.23. The summed E-state index contributed by atoms with van der Waals surface area (Å²) in [4.78, 5) is 6.65. The van der Waals surface area contributed by atoms with Crippen molar-refractivity contribution in [3.05, 3.63) is 54.6 Å². The van der Waals surface area contributed by atoms with E-state index in [-0.39, 0.29) is 0 Å². The first-order valence-electron chi connectivity index (χ1n) is 9.66. The minimum Gasteiger partial charge on any atom is -0.493 e. The molecule has 0 fully saturated rings. The number of anilines is 1. The van der Waals surface area contributed by atoms with Crippen molar-refractivity contribution in [2.24, 2.45) is 0 Å². The maximum Gasteiger partial charge on any atom is 0.249 e. The van der Waals surface area contributed by atoms with Crippen molar-refractivity contribution in [2.75, 3.05) is 44.4 Å². The highest BCUT2D eigenvalue weighted by atomic mass is 32.2. The molecule has 7 nitrogen and oxygen atoms in total. The summed E-state index contributed by atoms with van der Waals surface area (Å²) in [6, 6.07) is 13.8. The Morgan fingerprint density at radius 1 is 1.14 bits per heavy atom. The fourth-order valence-electron chi connectivity index (χ4n) is 2.67. The maximum absolute atomic E-state index is 5.77. The van der Waals surface area contributed by atoms with Crippen LogP contribution in [0.3, 0.4) is 0 Å². The van der Waals surface area contributed by atoms with Gasteiger partial charge in [-0.3, -0.25) is 0 Å². The summed E-state index contributed by atoms with van der Waals surface area (Å²) < 4.78 is 11.4. The van der Waals surface area contributed by atoms with Crippen molar-refractivity contribution in [1.82, 2.24) is 20.5 Å². The molecule has 0 radical (unpaired) electrons.